The van der Waals surface area contributed by atoms with Crippen LogP contribution in [0.15, 0.2) is 47.4 Å². The molecule has 4 rings (SSSR count). The Balaban J connectivity index is 1.53. The fourth-order valence-electron chi connectivity index (χ4n) is 4.70. The van der Waals surface area contributed by atoms with Gasteiger partial charge in [-0.3, -0.25) is 4.79 Å². The van der Waals surface area contributed by atoms with Crippen LogP contribution in [-0.4, -0.2) is 60.8 Å². The highest BCUT2D eigenvalue weighted by atomic mass is 32.2. The highest BCUT2D eigenvalue weighted by molar-refractivity contribution is 7.89. The monoisotopic (exact) mass is 484 g/mol. The summed E-state index contributed by atoms with van der Waals surface area (Å²) in [5.41, 5.74) is 2.60. The molecule has 0 aliphatic carbocycles. The summed E-state index contributed by atoms with van der Waals surface area (Å²) < 4.78 is 33.6. The molecule has 1 unspecified atom stereocenters. The van der Waals surface area contributed by atoms with Crippen LogP contribution in [0.25, 0.3) is 11.0 Å². The lowest BCUT2D eigenvalue weighted by Gasteiger charge is -2.25. The number of sulfonamides is 1. The Morgan fingerprint density at radius 1 is 1.21 bits per heavy atom. The Morgan fingerprint density at radius 3 is 2.71 bits per heavy atom. The van der Waals surface area contributed by atoms with Crippen molar-refractivity contribution in [3.8, 4) is 5.75 Å². The van der Waals surface area contributed by atoms with Crippen molar-refractivity contribution < 1.29 is 17.9 Å². The third-order valence-electron chi connectivity index (χ3n) is 6.51. The van der Waals surface area contributed by atoms with E-state index in [-0.39, 0.29) is 16.8 Å². The number of ether oxygens (including phenoxy) is 1. The minimum Gasteiger partial charge on any atom is -0.497 e. The normalized spacial score (nSPS) is 16.5. The number of imidazole rings is 1. The zero-order valence-electron chi connectivity index (χ0n) is 20.2. The van der Waals surface area contributed by atoms with Crippen LogP contribution in [-0.2, 0) is 27.8 Å². The summed E-state index contributed by atoms with van der Waals surface area (Å²) in [5.74, 6) is 1.70. The first kappa shape index (κ1) is 24.2. The van der Waals surface area contributed by atoms with Crippen LogP contribution < -0.4 is 4.74 Å². The van der Waals surface area contributed by atoms with Gasteiger partial charge in [0.2, 0.25) is 15.9 Å². The molecule has 0 bridgehead atoms. The number of rotatable bonds is 8. The van der Waals surface area contributed by atoms with E-state index in [4.69, 9.17) is 9.72 Å². The molecule has 2 aromatic carbocycles. The predicted octanol–water partition coefficient (Wildman–Crippen LogP) is 3.61. The highest BCUT2D eigenvalue weighted by Gasteiger charge is 2.30. The van der Waals surface area contributed by atoms with E-state index in [1.54, 1.807) is 25.3 Å². The molecule has 0 radical (unpaired) electrons. The van der Waals surface area contributed by atoms with Crippen LogP contribution >= 0.6 is 0 Å². The summed E-state index contributed by atoms with van der Waals surface area (Å²) in [5, 5.41) is 0. The van der Waals surface area contributed by atoms with Gasteiger partial charge in [0.15, 0.2) is 0 Å². The summed E-state index contributed by atoms with van der Waals surface area (Å²) in [6, 6.07) is 13.0. The van der Waals surface area contributed by atoms with Crippen molar-refractivity contribution in [2.45, 2.75) is 50.1 Å². The topological polar surface area (TPSA) is 84.7 Å². The summed E-state index contributed by atoms with van der Waals surface area (Å²) in [6.07, 6.45) is 2.77. The molecule has 2 heterocycles. The van der Waals surface area contributed by atoms with Crippen LogP contribution in [0.2, 0.25) is 0 Å². The number of carbonyl (C=O) groups excluding carboxylic acids is 1. The third-order valence-corrected chi connectivity index (χ3v) is 8.32. The lowest BCUT2D eigenvalue weighted by Crippen LogP contribution is -2.31. The summed E-state index contributed by atoms with van der Waals surface area (Å²) in [4.78, 5) is 20.1. The maximum absolute atomic E-state index is 13.2. The number of amides is 1. The van der Waals surface area contributed by atoms with E-state index < -0.39 is 10.0 Å². The van der Waals surface area contributed by atoms with Crippen LogP contribution in [0.4, 0.5) is 0 Å². The van der Waals surface area contributed by atoms with E-state index >= 15 is 0 Å². The van der Waals surface area contributed by atoms with E-state index in [1.807, 2.05) is 30.0 Å². The first-order chi connectivity index (χ1) is 16.3. The number of carbonyl (C=O) groups is 1. The van der Waals surface area contributed by atoms with Crippen LogP contribution in [0.3, 0.4) is 0 Å². The van der Waals surface area contributed by atoms with Gasteiger partial charge in [-0.2, -0.15) is 0 Å². The number of aromatic nitrogens is 2. The molecule has 0 N–H and O–H groups in total. The standard InChI is InChI=1S/C25H32N4O4S/c1-5-28-23-12-11-20(34(31,32)27(2)3)17-21(23)26-24(28)13-14-25(30)29-15-7-10-22(29)18-8-6-9-19(16-18)33-4/h6,8-9,11-12,16-17,22H,5,7,10,13-15H2,1-4H3. The molecule has 3 aromatic rings. The van der Waals surface area contributed by atoms with Gasteiger partial charge in [0.1, 0.15) is 11.6 Å². The van der Waals surface area contributed by atoms with Crippen LogP contribution in [0.5, 0.6) is 5.75 Å². The molecule has 182 valence electrons. The molecular weight excluding hydrogens is 452 g/mol. The molecule has 1 atom stereocenters. The minimum atomic E-state index is -3.54. The lowest BCUT2D eigenvalue weighted by molar-refractivity contribution is -0.132. The van der Waals surface area contributed by atoms with E-state index in [0.717, 1.165) is 42.0 Å². The van der Waals surface area contributed by atoms with Crippen molar-refractivity contribution in [2.75, 3.05) is 27.7 Å². The van der Waals surface area contributed by atoms with Gasteiger partial charge in [0.25, 0.3) is 0 Å². The molecule has 0 spiro atoms. The predicted molar refractivity (Wildman–Crippen MR) is 131 cm³/mol. The van der Waals surface area contributed by atoms with Crippen molar-refractivity contribution in [1.29, 1.82) is 0 Å². The maximum Gasteiger partial charge on any atom is 0.242 e. The van der Waals surface area contributed by atoms with Gasteiger partial charge in [-0.25, -0.2) is 17.7 Å². The third kappa shape index (κ3) is 4.54. The molecular formula is C25H32N4O4S. The number of methoxy groups -OCH3 is 1. The quantitative estimate of drug-likeness (QED) is 0.488. The van der Waals surface area contributed by atoms with Gasteiger partial charge >= 0.3 is 0 Å². The smallest absolute Gasteiger partial charge is 0.242 e. The second-order valence-electron chi connectivity index (χ2n) is 8.73. The number of hydrogen-bond donors (Lipinski definition) is 0. The number of benzene rings is 2. The molecule has 1 saturated heterocycles. The summed E-state index contributed by atoms with van der Waals surface area (Å²) in [7, 11) is 1.13. The molecule has 1 amide bonds. The van der Waals surface area contributed by atoms with Gasteiger partial charge in [-0.05, 0) is 55.7 Å². The second kappa shape index (κ2) is 9.76. The van der Waals surface area contributed by atoms with Gasteiger partial charge in [-0.1, -0.05) is 12.1 Å². The Hall–Kier alpha value is -2.91. The van der Waals surface area contributed by atoms with Gasteiger partial charge in [0.05, 0.1) is 29.1 Å². The maximum atomic E-state index is 13.2. The van der Waals surface area contributed by atoms with Gasteiger partial charge in [-0.15, -0.1) is 0 Å². The summed E-state index contributed by atoms with van der Waals surface area (Å²) in [6.45, 7) is 3.46. The molecule has 1 fully saturated rings. The Bertz CT molecular complexity index is 1300. The zero-order valence-corrected chi connectivity index (χ0v) is 21.0. The molecule has 1 aliphatic heterocycles. The number of likely N-dealkylation sites (tertiary alicyclic amines) is 1. The molecule has 8 nitrogen and oxygen atoms in total. The molecule has 1 aliphatic rings. The number of nitrogens with zero attached hydrogens (tertiary/aromatic N) is 4. The fraction of sp³-hybridized carbons (Fsp3) is 0.440. The Kier molecular flexibility index (Phi) is 6.95. The molecule has 34 heavy (non-hydrogen) atoms. The number of fused-ring (bicyclic) bond motifs is 1. The van der Waals surface area contributed by atoms with Crippen molar-refractivity contribution in [3.05, 3.63) is 53.9 Å². The Labute approximate surface area is 201 Å². The van der Waals surface area contributed by atoms with Gasteiger partial charge in [0, 0.05) is 40.0 Å². The van der Waals surface area contributed by atoms with E-state index in [9.17, 15) is 13.2 Å². The zero-order chi connectivity index (χ0) is 24.5. The lowest BCUT2D eigenvalue weighted by atomic mass is 10.0. The van der Waals surface area contributed by atoms with E-state index in [0.29, 0.717) is 24.9 Å². The highest BCUT2D eigenvalue weighted by Crippen LogP contribution is 2.34. The van der Waals surface area contributed by atoms with Crippen LogP contribution in [0, 0.1) is 0 Å². The number of aryl methyl sites for hydroxylation is 2. The van der Waals surface area contributed by atoms with Crippen molar-refractivity contribution in [1.82, 2.24) is 18.8 Å². The summed E-state index contributed by atoms with van der Waals surface area (Å²) >= 11 is 0. The van der Waals surface area contributed by atoms with Crippen molar-refractivity contribution in [3.63, 3.8) is 0 Å². The first-order valence-corrected chi connectivity index (χ1v) is 13.1. The van der Waals surface area contributed by atoms with Crippen molar-refractivity contribution >= 4 is 27.0 Å². The average Bonchev–Trinajstić information content (AvgIpc) is 3.46. The molecule has 0 saturated carbocycles. The first-order valence-electron chi connectivity index (χ1n) is 11.6. The second-order valence-corrected chi connectivity index (χ2v) is 10.9. The van der Waals surface area contributed by atoms with Crippen molar-refractivity contribution in [2.24, 2.45) is 0 Å². The average molecular weight is 485 g/mol. The van der Waals surface area contributed by atoms with Gasteiger partial charge < -0.3 is 14.2 Å². The van der Waals surface area contributed by atoms with E-state index in [2.05, 4.69) is 10.6 Å². The number of hydrogen-bond acceptors (Lipinski definition) is 5. The molecule has 9 heteroatoms. The van der Waals surface area contributed by atoms with Crippen LogP contribution in [0.1, 0.15) is 43.6 Å². The van der Waals surface area contributed by atoms with E-state index in [1.165, 1.54) is 18.4 Å². The molecule has 1 aromatic heterocycles. The minimum absolute atomic E-state index is 0.0615. The SMILES string of the molecule is CCn1c(CCC(=O)N2CCCC2c2cccc(OC)c2)nc2cc(S(=O)(=O)N(C)C)ccc21. The Morgan fingerprint density at radius 2 is 2.00 bits per heavy atom. The fourth-order valence-corrected chi connectivity index (χ4v) is 5.62. The largest absolute Gasteiger partial charge is 0.497 e.